The van der Waals surface area contributed by atoms with E-state index in [0.717, 1.165) is 18.5 Å². The summed E-state index contributed by atoms with van der Waals surface area (Å²) in [6.45, 7) is 9.38. The second-order valence-corrected chi connectivity index (χ2v) is 6.55. The number of thiophene rings is 1. The summed E-state index contributed by atoms with van der Waals surface area (Å²) in [4.78, 5) is 2.67. The summed E-state index contributed by atoms with van der Waals surface area (Å²) in [5, 5.41) is 8.07. The Balaban J connectivity index is 1.70. The van der Waals surface area contributed by atoms with Gasteiger partial charge in [-0.05, 0) is 60.7 Å². The number of rotatable bonds is 7. The van der Waals surface area contributed by atoms with Gasteiger partial charge in [-0.3, -0.25) is 4.90 Å². The SMILES string of the molecule is CC(C)CNCC1CCCN1CCc1ccsc1. The molecule has 1 aliphatic heterocycles. The zero-order valence-electron chi connectivity index (χ0n) is 11.7. The summed E-state index contributed by atoms with van der Waals surface area (Å²) >= 11 is 1.81. The molecular formula is C15H26N2S. The largest absolute Gasteiger partial charge is 0.315 e. The van der Waals surface area contributed by atoms with Gasteiger partial charge >= 0.3 is 0 Å². The number of hydrogen-bond acceptors (Lipinski definition) is 3. The van der Waals surface area contributed by atoms with Crippen molar-refractivity contribution in [2.24, 2.45) is 5.92 Å². The molecule has 1 aromatic rings. The lowest BCUT2D eigenvalue weighted by atomic mass is 10.2. The molecule has 3 heteroatoms. The van der Waals surface area contributed by atoms with Crippen molar-refractivity contribution in [3.05, 3.63) is 22.4 Å². The van der Waals surface area contributed by atoms with Crippen LogP contribution in [0.1, 0.15) is 32.3 Å². The summed E-state index contributed by atoms with van der Waals surface area (Å²) in [6.07, 6.45) is 3.95. The second kappa shape index (κ2) is 7.27. The third-order valence-corrected chi connectivity index (χ3v) is 4.43. The maximum absolute atomic E-state index is 3.61. The highest BCUT2D eigenvalue weighted by Crippen LogP contribution is 2.17. The van der Waals surface area contributed by atoms with E-state index < -0.39 is 0 Å². The predicted molar refractivity (Wildman–Crippen MR) is 80.3 cm³/mol. The Morgan fingerprint density at radius 3 is 3.11 bits per heavy atom. The van der Waals surface area contributed by atoms with Gasteiger partial charge in [0, 0.05) is 19.1 Å². The molecule has 0 bridgehead atoms. The van der Waals surface area contributed by atoms with Crippen LogP contribution in [0.3, 0.4) is 0 Å². The molecule has 102 valence electrons. The van der Waals surface area contributed by atoms with E-state index in [4.69, 9.17) is 0 Å². The van der Waals surface area contributed by atoms with Crippen LogP contribution >= 0.6 is 11.3 Å². The molecular weight excluding hydrogens is 240 g/mol. The number of nitrogens with one attached hydrogen (secondary N) is 1. The Labute approximate surface area is 115 Å². The van der Waals surface area contributed by atoms with Crippen LogP contribution in [0.4, 0.5) is 0 Å². The van der Waals surface area contributed by atoms with E-state index >= 15 is 0 Å². The second-order valence-electron chi connectivity index (χ2n) is 5.77. The van der Waals surface area contributed by atoms with Crippen molar-refractivity contribution in [2.75, 3.05) is 26.2 Å². The van der Waals surface area contributed by atoms with E-state index in [2.05, 4.69) is 40.9 Å². The fourth-order valence-electron chi connectivity index (χ4n) is 2.67. The maximum atomic E-state index is 3.61. The van der Waals surface area contributed by atoms with Gasteiger partial charge in [-0.25, -0.2) is 0 Å². The van der Waals surface area contributed by atoms with Crippen LogP contribution in [0, 0.1) is 5.92 Å². The standard InChI is InChI=1S/C15H26N2S/c1-13(2)10-16-11-15-4-3-7-17(15)8-5-14-6-9-18-12-14/h6,9,12-13,15-16H,3-5,7-8,10-11H2,1-2H3. The quantitative estimate of drug-likeness (QED) is 0.816. The van der Waals surface area contributed by atoms with E-state index in [1.165, 1.54) is 44.5 Å². The first-order chi connectivity index (χ1) is 8.75. The topological polar surface area (TPSA) is 15.3 Å². The van der Waals surface area contributed by atoms with E-state index in [0.29, 0.717) is 0 Å². The highest BCUT2D eigenvalue weighted by Gasteiger charge is 2.23. The van der Waals surface area contributed by atoms with Gasteiger partial charge in [0.05, 0.1) is 0 Å². The molecule has 1 aromatic heterocycles. The molecule has 2 nitrogen and oxygen atoms in total. The van der Waals surface area contributed by atoms with Crippen LogP contribution in [0.5, 0.6) is 0 Å². The average Bonchev–Trinajstić information content (AvgIpc) is 2.96. The highest BCUT2D eigenvalue weighted by atomic mass is 32.1. The summed E-state index contributed by atoms with van der Waals surface area (Å²) in [5.41, 5.74) is 1.50. The van der Waals surface area contributed by atoms with Gasteiger partial charge in [0.2, 0.25) is 0 Å². The molecule has 0 spiro atoms. The average molecular weight is 266 g/mol. The lowest BCUT2D eigenvalue weighted by Crippen LogP contribution is -2.39. The molecule has 0 radical (unpaired) electrons. The Bertz CT molecular complexity index is 321. The zero-order chi connectivity index (χ0) is 12.8. The van der Waals surface area contributed by atoms with Crippen molar-refractivity contribution in [1.82, 2.24) is 10.2 Å². The molecule has 1 unspecified atom stereocenters. The molecule has 0 amide bonds. The smallest absolute Gasteiger partial charge is 0.0221 e. The van der Waals surface area contributed by atoms with Crippen LogP contribution in [0.2, 0.25) is 0 Å². The fourth-order valence-corrected chi connectivity index (χ4v) is 3.37. The molecule has 0 aliphatic carbocycles. The normalized spacial score (nSPS) is 20.9. The summed E-state index contributed by atoms with van der Waals surface area (Å²) in [6, 6.07) is 3.02. The molecule has 1 aliphatic rings. The highest BCUT2D eigenvalue weighted by molar-refractivity contribution is 7.07. The third-order valence-electron chi connectivity index (χ3n) is 3.70. The van der Waals surface area contributed by atoms with Crippen molar-refractivity contribution < 1.29 is 0 Å². The molecule has 0 saturated carbocycles. The van der Waals surface area contributed by atoms with Crippen LogP contribution in [-0.2, 0) is 6.42 Å². The van der Waals surface area contributed by atoms with Crippen molar-refractivity contribution in [3.63, 3.8) is 0 Å². The van der Waals surface area contributed by atoms with Crippen molar-refractivity contribution in [3.8, 4) is 0 Å². The number of likely N-dealkylation sites (tertiary alicyclic amines) is 1. The summed E-state index contributed by atoms with van der Waals surface area (Å²) in [5.74, 6) is 0.755. The van der Waals surface area contributed by atoms with Crippen LogP contribution in [0.15, 0.2) is 16.8 Å². The first-order valence-corrected chi connectivity index (χ1v) is 8.16. The molecule has 1 atom stereocenters. The van der Waals surface area contributed by atoms with E-state index in [1.54, 1.807) is 0 Å². The van der Waals surface area contributed by atoms with Crippen molar-refractivity contribution in [2.45, 2.75) is 39.2 Å². The fraction of sp³-hybridized carbons (Fsp3) is 0.733. The van der Waals surface area contributed by atoms with Gasteiger partial charge in [0.1, 0.15) is 0 Å². The minimum absolute atomic E-state index is 0.755. The zero-order valence-corrected chi connectivity index (χ0v) is 12.5. The minimum atomic E-state index is 0.755. The van der Waals surface area contributed by atoms with Gasteiger partial charge in [-0.1, -0.05) is 13.8 Å². The van der Waals surface area contributed by atoms with Gasteiger partial charge in [-0.15, -0.1) is 0 Å². The van der Waals surface area contributed by atoms with E-state index in [-0.39, 0.29) is 0 Å². The van der Waals surface area contributed by atoms with E-state index in [1.807, 2.05) is 11.3 Å². The lowest BCUT2D eigenvalue weighted by molar-refractivity contribution is 0.248. The molecule has 1 N–H and O–H groups in total. The molecule has 1 fully saturated rings. The molecule has 2 heterocycles. The predicted octanol–water partition coefficient (Wildman–Crippen LogP) is 3.00. The molecule has 18 heavy (non-hydrogen) atoms. The first kappa shape index (κ1) is 14.0. The number of hydrogen-bond donors (Lipinski definition) is 1. The molecule has 1 saturated heterocycles. The van der Waals surface area contributed by atoms with Gasteiger partial charge in [0.25, 0.3) is 0 Å². The van der Waals surface area contributed by atoms with Crippen LogP contribution in [0.25, 0.3) is 0 Å². The monoisotopic (exact) mass is 266 g/mol. The first-order valence-electron chi connectivity index (χ1n) is 7.21. The van der Waals surface area contributed by atoms with Gasteiger partial charge < -0.3 is 5.32 Å². The van der Waals surface area contributed by atoms with Crippen LogP contribution < -0.4 is 5.32 Å². The Morgan fingerprint density at radius 2 is 2.39 bits per heavy atom. The summed E-state index contributed by atoms with van der Waals surface area (Å²) < 4.78 is 0. The van der Waals surface area contributed by atoms with Crippen molar-refractivity contribution in [1.29, 1.82) is 0 Å². The third kappa shape index (κ3) is 4.38. The Kier molecular flexibility index (Phi) is 5.67. The minimum Gasteiger partial charge on any atom is -0.315 e. The van der Waals surface area contributed by atoms with Crippen molar-refractivity contribution >= 4 is 11.3 Å². The molecule has 2 rings (SSSR count). The Morgan fingerprint density at radius 1 is 1.50 bits per heavy atom. The molecule has 0 aromatic carbocycles. The van der Waals surface area contributed by atoms with Gasteiger partial charge in [-0.2, -0.15) is 11.3 Å². The number of nitrogens with zero attached hydrogens (tertiary/aromatic N) is 1. The Hall–Kier alpha value is -0.380. The summed E-state index contributed by atoms with van der Waals surface area (Å²) in [7, 11) is 0. The van der Waals surface area contributed by atoms with Crippen LogP contribution in [-0.4, -0.2) is 37.1 Å². The lowest BCUT2D eigenvalue weighted by Gasteiger charge is -2.25. The van der Waals surface area contributed by atoms with E-state index in [9.17, 15) is 0 Å². The van der Waals surface area contributed by atoms with Gasteiger partial charge in [0.15, 0.2) is 0 Å². The maximum Gasteiger partial charge on any atom is 0.0221 e.